The van der Waals surface area contributed by atoms with Gasteiger partial charge in [-0.3, -0.25) is 0 Å². The lowest BCUT2D eigenvalue weighted by atomic mass is 10.2. The minimum Gasteiger partial charge on any atom is -0.398 e. The number of halogens is 1. The van der Waals surface area contributed by atoms with Gasteiger partial charge in [0.25, 0.3) is 0 Å². The Morgan fingerprint density at radius 1 is 1.38 bits per heavy atom. The van der Waals surface area contributed by atoms with Gasteiger partial charge >= 0.3 is 0 Å². The molecule has 0 spiro atoms. The first-order valence-electron chi connectivity index (χ1n) is 6.38. The van der Waals surface area contributed by atoms with E-state index in [9.17, 15) is 12.8 Å². The Balaban J connectivity index is 2.25. The second-order valence-corrected chi connectivity index (χ2v) is 7.83. The summed E-state index contributed by atoms with van der Waals surface area (Å²) >= 11 is 1.58. The predicted molar refractivity (Wildman–Crippen MR) is 83.2 cm³/mol. The number of hydrogen-bond acceptors (Lipinski definition) is 4. The minimum absolute atomic E-state index is 0.0653. The smallest absolute Gasteiger partial charge is 0.245 e. The van der Waals surface area contributed by atoms with Crippen molar-refractivity contribution in [3.63, 3.8) is 0 Å². The van der Waals surface area contributed by atoms with Crippen LogP contribution in [-0.2, 0) is 16.4 Å². The molecule has 114 valence electrons. The molecule has 0 aliphatic heterocycles. The second kappa shape index (κ2) is 6.13. The number of nitrogens with two attached hydrogens (primary N) is 1. The molecule has 21 heavy (non-hydrogen) atoms. The monoisotopic (exact) mass is 328 g/mol. The molecule has 0 aliphatic carbocycles. The number of benzene rings is 1. The number of likely N-dealkylation sites (N-methyl/N-ethyl adjacent to an activating group) is 1. The Kier molecular flexibility index (Phi) is 4.65. The molecule has 4 nitrogen and oxygen atoms in total. The molecule has 0 amide bonds. The van der Waals surface area contributed by atoms with Crippen LogP contribution in [0.15, 0.2) is 40.6 Å². The van der Waals surface area contributed by atoms with Crippen molar-refractivity contribution in [1.82, 2.24) is 4.31 Å². The van der Waals surface area contributed by atoms with Crippen LogP contribution >= 0.6 is 11.3 Å². The highest BCUT2D eigenvalue weighted by Crippen LogP contribution is 2.25. The van der Waals surface area contributed by atoms with Crippen molar-refractivity contribution in [1.29, 1.82) is 0 Å². The van der Waals surface area contributed by atoms with Gasteiger partial charge in [-0.05, 0) is 43.0 Å². The number of thiophene rings is 1. The van der Waals surface area contributed by atoms with E-state index in [1.807, 2.05) is 24.4 Å². The molecule has 7 heteroatoms. The highest BCUT2D eigenvalue weighted by Gasteiger charge is 2.27. The average molecular weight is 328 g/mol. The first-order valence-corrected chi connectivity index (χ1v) is 8.70. The van der Waals surface area contributed by atoms with Crippen molar-refractivity contribution in [3.8, 4) is 0 Å². The third-order valence-electron chi connectivity index (χ3n) is 3.33. The van der Waals surface area contributed by atoms with Crippen LogP contribution < -0.4 is 5.73 Å². The Hall–Kier alpha value is -1.44. The standard InChI is InChI=1S/C14H17FN2O2S2/c1-10(8-12-4-3-7-20-12)17(2)21(18,19)14-6-5-11(15)9-13(14)16/h3-7,9-10H,8,16H2,1-2H3. The summed E-state index contributed by atoms with van der Waals surface area (Å²) in [5.74, 6) is -0.555. The number of hydrogen-bond donors (Lipinski definition) is 1. The summed E-state index contributed by atoms with van der Waals surface area (Å²) in [4.78, 5) is 1.04. The molecule has 0 saturated carbocycles. The third-order valence-corrected chi connectivity index (χ3v) is 6.27. The Morgan fingerprint density at radius 3 is 2.67 bits per heavy atom. The van der Waals surface area contributed by atoms with Crippen LogP contribution in [0.25, 0.3) is 0 Å². The molecule has 0 bridgehead atoms. The topological polar surface area (TPSA) is 63.4 Å². The van der Waals surface area contributed by atoms with Crippen LogP contribution in [0.1, 0.15) is 11.8 Å². The molecular weight excluding hydrogens is 311 g/mol. The normalized spacial score (nSPS) is 13.5. The van der Waals surface area contributed by atoms with E-state index in [4.69, 9.17) is 5.73 Å². The van der Waals surface area contributed by atoms with Gasteiger partial charge in [0.2, 0.25) is 10.0 Å². The SMILES string of the molecule is CC(Cc1cccs1)N(C)S(=O)(=O)c1ccc(F)cc1N. The van der Waals surface area contributed by atoms with Gasteiger partial charge in [0, 0.05) is 18.0 Å². The van der Waals surface area contributed by atoms with Gasteiger partial charge in [-0.25, -0.2) is 12.8 Å². The van der Waals surface area contributed by atoms with Crippen molar-refractivity contribution < 1.29 is 12.8 Å². The minimum atomic E-state index is -3.74. The maximum Gasteiger partial charge on any atom is 0.245 e. The van der Waals surface area contributed by atoms with Gasteiger partial charge in [0.05, 0.1) is 5.69 Å². The number of rotatable bonds is 5. The van der Waals surface area contributed by atoms with Crippen LogP contribution in [0.3, 0.4) is 0 Å². The molecule has 1 unspecified atom stereocenters. The second-order valence-electron chi connectivity index (χ2n) is 4.84. The van der Waals surface area contributed by atoms with Crippen molar-refractivity contribution in [2.75, 3.05) is 12.8 Å². The molecule has 1 aromatic heterocycles. The lowest BCUT2D eigenvalue weighted by molar-refractivity contribution is 0.388. The van der Waals surface area contributed by atoms with Crippen LogP contribution in [0.2, 0.25) is 0 Å². The van der Waals surface area contributed by atoms with Crippen LogP contribution in [0.5, 0.6) is 0 Å². The summed E-state index contributed by atoms with van der Waals surface area (Å²) in [5, 5.41) is 1.95. The molecule has 2 N–H and O–H groups in total. The fourth-order valence-corrected chi connectivity index (χ4v) is 4.28. The maximum atomic E-state index is 13.1. The van der Waals surface area contributed by atoms with Gasteiger partial charge < -0.3 is 5.73 Å². The van der Waals surface area contributed by atoms with Gasteiger partial charge in [-0.15, -0.1) is 11.3 Å². The molecule has 1 atom stereocenters. The van der Waals surface area contributed by atoms with E-state index in [-0.39, 0.29) is 16.6 Å². The van der Waals surface area contributed by atoms with Crippen molar-refractivity contribution in [2.24, 2.45) is 0 Å². The Bertz CT molecular complexity index is 715. The summed E-state index contributed by atoms with van der Waals surface area (Å²) in [6.45, 7) is 1.83. The quantitative estimate of drug-likeness (QED) is 0.858. The van der Waals surface area contributed by atoms with E-state index >= 15 is 0 Å². The van der Waals surface area contributed by atoms with E-state index in [2.05, 4.69) is 0 Å². The summed E-state index contributed by atoms with van der Waals surface area (Å²) in [5.41, 5.74) is 5.56. The molecule has 1 heterocycles. The zero-order chi connectivity index (χ0) is 15.6. The summed E-state index contributed by atoms with van der Waals surface area (Å²) < 4.78 is 39.5. The molecule has 2 rings (SSSR count). The lowest BCUT2D eigenvalue weighted by Crippen LogP contribution is -2.36. The fraction of sp³-hybridized carbons (Fsp3) is 0.286. The number of anilines is 1. The Labute approximate surface area is 128 Å². The summed E-state index contributed by atoms with van der Waals surface area (Å²) in [7, 11) is -2.23. The van der Waals surface area contributed by atoms with Gasteiger partial charge in [-0.1, -0.05) is 6.07 Å². The molecular formula is C14H17FN2O2S2. The Morgan fingerprint density at radius 2 is 2.10 bits per heavy atom. The van der Waals surface area contributed by atoms with E-state index < -0.39 is 15.8 Å². The van der Waals surface area contributed by atoms with Crippen molar-refractivity contribution >= 4 is 27.0 Å². The third kappa shape index (κ3) is 3.42. The maximum absolute atomic E-state index is 13.1. The van der Waals surface area contributed by atoms with E-state index in [0.717, 1.165) is 17.0 Å². The zero-order valence-corrected chi connectivity index (χ0v) is 13.4. The van der Waals surface area contributed by atoms with Crippen molar-refractivity contribution in [2.45, 2.75) is 24.3 Å². The molecule has 0 aliphatic rings. The van der Waals surface area contributed by atoms with Crippen molar-refractivity contribution in [3.05, 3.63) is 46.4 Å². The summed E-state index contributed by atoms with van der Waals surface area (Å²) in [6, 6.07) is 6.99. The van der Waals surface area contributed by atoms with Gasteiger partial charge in [0.15, 0.2) is 0 Å². The van der Waals surface area contributed by atoms with E-state index in [1.165, 1.54) is 17.4 Å². The van der Waals surface area contributed by atoms with E-state index in [1.54, 1.807) is 11.3 Å². The highest BCUT2D eigenvalue weighted by molar-refractivity contribution is 7.89. The largest absolute Gasteiger partial charge is 0.398 e. The van der Waals surface area contributed by atoms with Crippen LogP contribution in [-0.4, -0.2) is 25.8 Å². The molecule has 0 radical (unpaired) electrons. The van der Waals surface area contributed by atoms with Crippen LogP contribution in [0, 0.1) is 5.82 Å². The predicted octanol–water partition coefficient (Wildman–Crippen LogP) is 2.72. The fourth-order valence-electron chi connectivity index (χ4n) is 1.99. The lowest BCUT2D eigenvalue weighted by Gasteiger charge is -2.24. The van der Waals surface area contributed by atoms with E-state index in [0.29, 0.717) is 6.42 Å². The molecule has 0 fully saturated rings. The number of sulfonamides is 1. The molecule has 1 aromatic carbocycles. The molecule has 0 saturated heterocycles. The summed E-state index contributed by atoms with van der Waals surface area (Å²) in [6.07, 6.45) is 0.620. The highest BCUT2D eigenvalue weighted by atomic mass is 32.2. The first kappa shape index (κ1) is 15.9. The zero-order valence-electron chi connectivity index (χ0n) is 11.8. The number of nitrogens with zero attached hydrogens (tertiary/aromatic N) is 1. The first-order chi connectivity index (χ1) is 9.82. The van der Waals surface area contributed by atoms with Crippen LogP contribution in [0.4, 0.5) is 10.1 Å². The van der Waals surface area contributed by atoms with Gasteiger partial charge in [0.1, 0.15) is 10.7 Å². The average Bonchev–Trinajstić information content (AvgIpc) is 2.90. The molecule has 2 aromatic rings. The van der Waals surface area contributed by atoms with Gasteiger partial charge in [-0.2, -0.15) is 4.31 Å². The number of nitrogen functional groups attached to an aromatic ring is 1.